The van der Waals surface area contributed by atoms with E-state index in [1.54, 1.807) is 0 Å². The van der Waals surface area contributed by atoms with Crippen molar-refractivity contribution in [1.29, 1.82) is 0 Å². The summed E-state index contributed by atoms with van der Waals surface area (Å²) < 4.78 is 0. The van der Waals surface area contributed by atoms with Gasteiger partial charge in [-0.2, -0.15) is 0 Å². The van der Waals surface area contributed by atoms with Crippen LogP contribution in [0.15, 0.2) is 54.6 Å². The average Bonchev–Trinajstić information content (AvgIpc) is 2.95. The van der Waals surface area contributed by atoms with Crippen LogP contribution in [0, 0.1) is 6.92 Å². The highest BCUT2D eigenvalue weighted by atomic mass is 16.1. The van der Waals surface area contributed by atoms with E-state index in [0.717, 1.165) is 34.1 Å². The minimum absolute atomic E-state index is 0.0396. The van der Waals surface area contributed by atoms with Gasteiger partial charge in [-0.3, -0.25) is 4.79 Å². The largest absolute Gasteiger partial charge is 0.298 e. The van der Waals surface area contributed by atoms with Crippen LogP contribution in [0.5, 0.6) is 0 Å². The number of aryl methyl sites for hydroxylation is 1. The van der Waals surface area contributed by atoms with E-state index in [1.165, 1.54) is 11.1 Å². The van der Waals surface area contributed by atoms with Crippen LogP contribution in [0.2, 0.25) is 0 Å². The fourth-order valence-electron chi connectivity index (χ4n) is 3.15. The van der Waals surface area contributed by atoms with Crippen LogP contribution >= 0.6 is 0 Å². The van der Waals surface area contributed by atoms with Crippen LogP contribution in [0.3, 0.4) is 0 Å². The van der Waals surface area contributed by atoms with Crippen LogP contribution < -0.4 is 0 Å². The summed E-state index contributed by atoms with van der Waals surface area (Å²) in [5.74, 6) is 0. The van der Waals surface area contributed by atoms with Crippen LogP contribution in [-0.4, -0.2) is 6.29 Å². The van der Waals surface area contributed by atoms with Gasteiger partial charge >= 0.3 is 0 Å². The molecule has 25 heavy (non-hydrogen) atoms. The monoisotopic (exact) mass is 328 g/mol. The molecule has 3 rings (SSSR count). The predicted octanol–water partition coefficient (Wildman–Crippen LogP) is 6.38. The fourth-order valence-corrected chi connectivity index (χ4v) is 3.15. The molecule has 2 aliphatic rings. The van der Waals surface area contributed by atoms with Crippen LogP contribution in [-0.2, 0) is 5.41 Å². The lowest BCUT2D eigenvalue weighted by Crippen LogP contribution is -2.10. The van der Waals surface area contributed by atoms with Crippen molar-refractivity contribution in [2.75, 3.05) is 0 Å². The molecule has 0 bridgehead atoms. The van der Waals surface area contributed by atoms with Crippen molar-refractivity contribution in [2.24, 2.45) is 0 Å². The highest BCUT2D eigenvalue weighted by Gasteiger charge is 2.19. The lowest BCUT2D eigenvalue weighted by atomic mass is 9.87. The number of fused-ring (bicyclic) bond motifs is 1. The molecule has 0 amide bonds. The Morgan fingerprint density at radius 1 is 0.840 bits per heavy atom. The molecule has 0 aliphatic heterocycles. The van der Waals surface area contributed by atoms with Gasteiger partial charge in [0.2, 0.25) is 0 Å². The highest BCUT2D eigenvalue weighted by Crippen LogP contribution is 2.36. The number of hydrogen-bond acceptors (Lipinski definition) is 1. The van der Waals surface area contributed by atoms with Crippen molar-refractivity contribution in [2.45, 2.75) is 33.1 Å². The Labute approximate surface area is 150 Å². The maximum Gasteiger partial charge on any atom is 0.150 e. The molecule has 0 saturated heterocycles. The summed E-state index contributed by atoms with van der Waals surface area (Å²) in [6.45, 7) is 8.78. The van der Waals surface area contributed by atoms with Crippen molar-refractivity contribution < 1.29 is 4.79 Å². The minimum Gasteiger partial charge on any atom is -0.298 e. The number of carbonyl (C=O) groups excluding carboxylic acids is 1. The van der Waals surface area contributed by atoms with Crippen molar-refractivity contribution in [3.63, 3.8) is 0 Å². The molecule has 0 saturated carbocycles. The zero-order valence-electron chi connectivity index (χ0n) is 15.3. The summed E-state index contributed by atoms with van der Waals surface area (Å²) in [4.78, 5) is 11.6. The second-order valence-electron chi connectivity index (χ2n) is 7.57. The van der Waals surface area contributed by atoms with Crippen molar-refractivity contribution in [3.05, 3.63) is 82.4 Å². The molecule has 0 N–H and O–H groups in total. The molecule has 1 heteroatoms. The van der Waals surface area contributed by atoms with Gasteiger partial charge in [0.25, 0.3) is 0 Å². The number of benzene rings is 1. The molecule has 1 aromatic carbocycles. The minimum atomic E-state index is 0.0396. The molecule has 0 atom stereocenters. The van der Waals surface area contributed by atoms with Gasteiger partial charge < -0.3 is 0 Å². The van der Waals surface area contributed by atoms with Crippen molar-refractivity contribution in [1.82, 2.24) is 0 Å². The predicted molar refractivity (Wildman–Crippen MR) is 107 cm³/mol. The van der Waals surface area contributed by atoms with E-state index < -0.39 is 0 Å². The second-order valence-corrected chi connectivity index (χ2v) is 7.57. The fraction of sp³-hybridized carbons (Fsp3) is 0.208. The smallest absolute Gasteiger partial charge is 0.150 e. The topological polar surface area (TPSA) is 17.1 Å². The summed E-state index contributed by atoms with van der Waals surface area (Å²) in [7, 11) is 0. The van der Waals surface area contributed by atoms with Crippen LogP contribution in [0.1, 0.15) is 53.4 Å². The van der Waals surface area contributed by atoms with Gasteiger partial charge in [0.15, 0.2) is 6.29 Å². The third kappa shape index (κ3) is 3.56. The average molecular weight is 328 g/mol. The van der Waals surface area contributed by atoms with Crippen molar-refractivity contribution in [3.8, 4) is 11.1 Å². The SMILES string of the molecule is Cc1cc(C(C)(C)C)cc(/C=C/c2ccccc2)c2c(C=O)ccc1-2. The Morgan fingerprint density at radius 2 is 1.56 bits per heavy atom. The van der Waals surface area contributed by atoms with Gasteiger partial charge in [0, 0.05) is 5.56 Å². The first-order valence-corrected chi connectivity index (χ1v) is 8.66. The lowest BCUT2D eigenvalue weighted by Gasteiger charge is -2.18. The Kier molecular flexibility index (Phi) is 4.59. The van der Waals surface area contributed by atoms with E-state index in [4.69, 9.17) is 0 Å². The third-order valence-corrected chi connectivity index (χ3v) is 4.63. The Morgan fingerprint density at radius 3 is 2.20 bits per heavy atom. The molecule has 0 unspecified atom stereocenters. The molecular weight excluding hydrogens is 304 g/mol. The van der Waals surface area contributed by atoms with E-state index in [-0.39, 0.29) is 5.41 Å². The molecule has 1 nitrogen and oxygen atoms in total. The van der Waals surface area contributed by atoms with Gasteiger partial charge in [-0.25, -0.2) is 0 Å². The Bertz CT molecular complexity index is 895. The zero-order chi connectivity index (χ0) is 18.0. The maximum absolute atomic E-state index is 11.6. The molecule has 0 aromatic heterocycles. The standard InChI is InChI=1S/C24H24O/c1-17-14-21(24(2,3)4)15-19(11-10-18-8-6-5-7-9-18)23-20(16-25)12-13-22(17)23/h5-16H,1-4H3/b11-10+. The normalized spacial score (nSPS) is 12.0. The van der Waals surface area contributed by atoms with Gasteiger partial charge in [-0.15, -0.1) is 0 Å². The summed E-state index contributed by atoms with van der Waals surface area (Å²) in [5, 5.41) is 0. The van der Waals surface area contributed by atoms with Crippen LogP contribution in [0.25, 0.3) is 23.3 Å². The molecule has 0 spiro atoms. The van der Waals surface area contributed by atoms with E-state index in [9.17, 15) is 4.79 Å². The number of hydrogen-bond donors (Lipinski definition) is 0. The molecular formula is C24H24O. The maximum atomic E-state index is 11.6. The first kappa shape index (κ1) is 17.2. The van der Waals surface area contributed by atoms with Gasteiger partial charge in [-0.05, 0) is 45.7 Å². The second kappa shape index (κ2) is 6.68. The first-order valence-electron chi connectivity index (χ1n) is 8.66. The summed E-state index contributed by atoms with van der Waals surface area (Å²) >= 11 is 0. The molecule has 1 aromatic rings. The lowest BCUT2D eigenvalue weighted by molar-refractivity contribution is 0.112. The van der Waals surface area contributed by atoms with E-state index >= 15 is 0 Å². The highest BCUT2D eigenvalue weighted by molar-refractivity contribution is 5.96. The van der Waals surface area contributed by atoms with Gasteiger partial charge in [0.1, 0.15) is 0 Å². The zero-order valence-corrected chi connectivity index (χ0v) is 15.3. The van der Waals surface area contributed by atoms with Crippen LogP contribution in [0.4, 0.5) is 0 Å². The summed E-state index contributed by atoms with van der Waals surface area (Å²) in [6.07, 6.45) is 5.19. The van der Waals surface area contributed by atoms with E-state index in [2.05, 4.69) is 70.2 Å². The van der Waals surface area contributed by atoms with E-state index in [0.29, 0.717) is 0 Å². The molecule has 0 fully saturated rings. The summed E-state index contributed by atoms with van der Waals surface area (Å²) in [6, 6.07) is 18.7. The molecule has 0 radical (unpaired) electrons. The Hall–Kier alpha value is -2.67. The quantitative estimate of drug-likeness (QED) is 0.510. The number of rotatable bonds is 3. The summed E-state index contributed by atoms with van der Waals surface area (Å²) in [5.41, 5.74) is 7.68. The number of carbonyl (C=O) groups is 1. The molecule has 126 valence electrons. The number of aldehydes is 1. The van der Waals surface area contributed by atoms with Crippen molar-refractivity contribution >= 4 is 18.4 Å². The Balaban J connectivity index is 2.25. The van der Waals surface area contributed by atoms with E-state index in [1.807, 2.05) is 24.3 Å². The molecule has 0 heterocycles. The third-order valence-electron chi connectivity index (χ3n) is 4.63. The van der Waals surface area contributed by atoms with Gasteiger partial charge in [0.05, 0.1) is 0 Å². The molecule has 2 aliphatic carbocycles. The first-order chi connectivity index (χ1) is 11.9. The van der Waals surface area contributed by atoms with Gasteiger partial charge in [-0.1, -0.05) is 87.5 Å².